The van der Waals surface area contributed by atoms with Gasteiger partial charge in [0, 0.05) is 60.4 Å². The van der Waals surface area contributed by atoms with Gasteiger partial charge in [0.25, 0.3) is 0 Å². The van der Waals surface area contributed by atoms with E-state index in [2.05, 4.69) is 62.7 Å². The fraction of sp³-hybridized carbons (Fsp3) is 0.621. The van der Waals surface area contributed by atoms with E-state index in [9.17, 15) is 0 Å². The molecule has 0 spiro atoms. The van der Waals surface area contributed by atoms with Crippen molar-refractivity contribution in [1.82, 2.24) is 20.1 Å². The van der Waals surface area contributed by atoms with Crippen molar-refractivity contribution in [2.75, 3.05) is 70.9 Å². The number of fused-ring (bicyclic) bond motifs is 1. The lowest BCUT2D eigenvalue weighted by Crippen LogP contribution is -2.47. The zero-order chi connectivity index (χ0) is 24.3. The van der Waals surface area contributed by atoms with E-state index < -0.39 is 0 Å². The van der Waals surface area contributed by atoms with Gasteiger partial charge in [-0.3, -0.25) is 4.99 Å². The van der Waals surface area contributed by atoms with E-state index in [1.807, 2.05) is 0 Å². The van der Waals surface area contributed by atoms with Crippen LogP contribution in [0.4, 0.5) is 5.69 Å². The molecule has 194 valence electrons. The van der Waals surface area contributed by atoms with Gasteiger partial charge in [-0.15, -0.1) is 0 Å². The summed E-state index contributed by atoms with van der Waals surface area (Å²) in [6.07, 6.45) is 5.26. The van der Waals surface area contributed by atoms with Crippen LogP contribution in [0.5, 0.6) is 0 Å². The van der Waals surface area contributed by atoms with Gasteiger partial charge in [-0.1, -0.05) is 19.1 Å². The van der Waals surface area contributed by atoms with Crippen molar-refractivity contribution >= 4 is 11.4 Å². The van der Waals surface area contributed by atoms with Crippen molar-refractivity contribution in [3.05, 3.63) is 41.0 Å². The molecule has 0 saturated carbocycles. The minimum absolute atomic E-state index is 0.442. The molecule has 7 nitrogen and oxygen atoms in total. The predicted molar refractivity (Wildman–Crippen MR) is 146 cm³/mol. The van der Waals surface area contributed by atoms with Gasteiger partial charge in [0.15, 0.2) is 0 Å². The molecule has 1 aromatic heterocycles. The third-order valence-electron chi connectivity index (χ3n) is 8.68. The van der Waals surface area contributed by atoms with Crippen LogP contribution in [0.3, 0.4) is 0 Å². The third kappa shape index (κ3) is 5.20. The van der Waals surface area contributed by atoms with Crippen LogP contribution in [-0.2, 0) is 4.74 Å². The highest BCUT2D eigenvalue weighted by Gasteiger charge is 2.26. The number of likely N-dealkylation sites (tertiary alicyclic amines) is 1. The van der Waals surface area contributed by atoms with Gasteiger partial charge >= 0.3 is 0 Å². The molecule has 1 aromatic carbocycles. The zero-order valence-corrected chi connectivity index (χ0v) is 21.8. The molecule has 1 atom stereocenters. The summed E-state index contributed by atoms with van der Waals surface area (Å²) in [5.41, 5.74) is 6.04. The number of anilines is 1. The minimum atomic E-state index is 0.442. The van der Waals surface area contributed by atoms with E-state index in [1.54, 1.807) is 0 Å². The number of piperidine rings is 2. The number of aromatic nitrogens is 1. The second-order valence-corrected chi connectivity index (χ2v) is 11.1. The van der Waals surface area contributed by atoms with Crippen molar-refractivity contribution in [3.63, 3.8) is 0 Å². The van der Waals surface area contributed by atoms with Crippen molar-refractivity contribution < 1.29 is 4.74 Å². The van der Waals surface area contributed by atoms with Crippen LogP contribution in [0.1, 0.15) is 32.6 Å². The second kappa shape index (κ2) is 11.0. The first kappa shape index (κ1) is 24.0. The van der Waals surface area contributed by atoms with E-state index in [-0.39, 0.29) is 0 Å². The first-order chi connectivity index (χ1) is 17.7. The average Bonchev–Trinajstić information content (AvgIpc) is 3.38. The van der Waals surface area contributed by atoms with Gasteiger partial charge in [-0.2, -0.15) is 0 Å². The number of rotatable bonds is 6. The van der Waals surface area contributed by atoms with Crippen LogP contribution in [-0.4, -0.2) is 86.4 Å². The van der Waals surface area contributed by atoms with Crippen molar-refractivity contribution in [2.24, 2.45) is 16.8 Å². The number of aromatic amines is 1. The summed E-state index contributed by atoms with van der Waals surface area (Å²) < 4.78 is 5.59. The summed E-state index contributed by atoms with van der Waals surface area (Å²) >= 11 is 0. The summed E-state index contributed by atoms with van der Waals surface area (Å²) in [6.45, 7) is 12.7. The average molecular weight is 491 g/mol. The predicted octanol–water partition coefficient (Wildman–Crippen LogP) is 2.27. The summed E-state index contributed by atoms with van der Waals surface area (Å²) in [4.78, 5) is 13.7. The normalized spacial score (nSPS) is 24.4. The van der Waals surface area contributed by atoms with Crippen LogP contribution in [0.15, 0.2) is 35.3 Å². The van der Waals surface area contributed by atoms with Crippen LogP contribution >= 0.6 is 0 Å². The Morgan fingerprint density at radius 1 is 1.00 bits per heavy atom. The highest BCUT2D eigenvalue weighted by molar-refractivity contribution is 5.64. The van der Waals surface area contributed by atoms with E-state index in [1.165, 1.54) is 74.0 Å². The van der Waals surface area contributed by atoms with Gasteiger partial charge in [-0.25, -0.2) is 0 Å². The number of morpholine rings is 1. The Kier molecular flexibility index (Phi) is 7.30. The summed E-state index contributed by atoms with van der Waals surface area (Å²) in [5, 5.41) is 8.47. The lowest BCUT2D eigenvalue weighted by Gasteiger charge is -2.39. The topological polar surface area (TPSA) is 67.9 Å². The lowest BCUT2D eigenvalue weighted by atomic mass is 9.93. The molecule has 3 fully saturated rings. The van der Waals surface area contributed by atoms with Crippen molar-refractivity contribution in [3.8, 4) is 11.3 Å². The first-order valence-corrected chi connectivity index (χ1v) is 14.1. The van der Waals surface area contributed by atoms with Crippen LogP contribution < -0.4 is 21.3 Å². The smallest absolute Gasteiger partial charge is 0.134 e. The molecule has 36 heavy (non-hydrogen) atoms. The maximum absolute atomic E-state index is 5.59. The zero-order valence-electron chi connectivity index (χ0n) is 21.8. The van der Waals surface area contributed by atoms with Crippen LogP contribution in [0, 0.1) is 11.8 Å². The van der Waals surface area contributed by atoms with Gasteiger partial charge in [0.05, 0.1) is 13.2 Å². The molecule has 1 unspecified atom stereocenters. The van der Waals surface area contributed by atoms with Crippen molar-refractivity contribution in [1.29, 1.82) is 0 Å². The largest absolute Gasteiger partial charge is 0.385 e. The Labute approximate surface area is 215 Å². The molecular weight excluding hydrogens is 448 g/mol. The molecule has 3 N–H and O–H groups in total. The van der Waals surface area contributed by atoms with Crippen LogP contribution in [0.2, 0.25) is 0 Å². The van der Waals surface area contributed by atoms with Crippen molar-refractivity contribution in [2.45, 2.75) is 38.6 Å². The molecule has 3 saturated heterocycles. The number of hydrogen-bond acceptors (Lipinski definition) is 6. The molecule has 5 heterocycles. The SMILES string of the molecule is CC1CN=c2[nH]c(-c3ccc(NCC4CCN(C5CCNCC5)CC4)cc3)cc2=C1N1CCOCC1. The first-order valence-electron chi connectivity index (χ1n) is 14.1. The Bertz CT molecular complexity index is 1120. The fourth-order valence-electron chi connectivity index (χ4n) is 6.51. The van der Waals surface area contributed by atoms with E-state index in [0.717, 1.165) is 62.5 Å². The Balaban J connectivity index is 1.08. The molecule has 0 radical (unpaired) electrons. The number of nitrogens with zero attached hydrogens (tertiary/aromatic N) is 3. The fourth-order valence-corrected chi connectivity index (χ4v) is 6.51. The molecule has 0 amide bonds. The van der Waals surface area contributed by atoms with E-state index in [0.29, 0.717) is 5.92 Å². The number of nitrogens with one attached hydrogen (secondary N) is 3. The minimum Gasteiger partial charge on any atom is -0.385 e. The quantitative estimate of drug-likeness (QED) is 0.580. The molecule has 4 aliphatic heterocycles. The Morgan fingerprint density at radius 3 is 2.50 bits per heavy atom. The lowest BCUT2D eigenvalue weighted by molar-refractivity contribution is 0.0603. The molecule has 4 aliphatic rings. The van der Waals surface area contributed by atoms with E-state index >= 15 is 0 Å². The summed E-state index contributed by atoms with van der Waals surface area (Å²) in [5.74, 6) is 1.22. The maximum Gasteiger partial charge on any atom is 0.134 e. The highest BCUT2D eigenvalue weighted by atomic mass is 16.5. The standard InChI is InChI=1S/C29H42N6O/c1-21-19-32-29-26(28(21)35-14-16-36-17-15-35)18-27(33-29)23-2-4-24(5-3-23)31-20-22-8-12-34(13-9-22)25-6-10-30-11-7-25/h2-5,18,21-22,25,30-31H,6-17,19-20H2,1H3,(H,32,33). The number of hydrogen-bond donors (Lipinski definition) is 3. The van der Waals surface area contributed by atoms with Crippen LogP contribution in [0.25, 0.3) is 17.0 Å². The monoisotopic (exact) mass is 490 g/mol. The molecule has 2 aromatic rings. The molecule has 0 bridgehead atoms. The number of benzene rings is 1. The number of H-pyrrole nitrogens is 1. The molecule has 0 aliphatic carbocycles. The Morgan fingerprint density at radius 2 is 1.75 bits per heavy atom. The van der Waals surface area contributed by atoms with E-state index in [4.69, 9.17) is 9.73 Å². The molecule has 7 heteroatoms. The maximum atomic E-state index is 5.59. The Hall–Kier alpha value is -2.35. The number of ether oxygens (including phenoxy) is 1. The summed E-state index contributed by atoms with van der Waals surface area (Å²) in [7, 11) is 0. The summed E-state index contributed by atoms with van der Waals surface area (Å²) in [6, 6.07) is 12.0. The third-order valence-corrected chi connectivity index (χ3v) is 8.68. The molecular formula is C29H42N6O. The van der Waals surface area contributed by atoms with Gasteiger partial charge < -0.3 is 30.2 Å². The van der Waals surface area contributed by atoms with Gasteiger partial charge in [0.2, 0.25) is 0 Å². The van der Waals surface area contributed by atoms with Gasteiger partial charge in [0.1, 0.15) is 5.49 Å². The second-order valence-electron chi connectivity index (χ2n) is 11.1. The highest BCUT2D eigenvalue weighted by Crippen LogP contribution is 2.25. The molecule has 6 rings (SSSR count). The van der Waals surface area contributed by atoms with Gasteiger partial charge in [-0.05, 0) is 81.5 Å².